The Hall–Kier alpha value is -2.08. The fourth-order valence-corrected chi connectivity index (χ4v) is 3.42. The molecule has 0 heterocycles. The van der Waals surface area contributed by atoms with Gasteiger partial charge in [-0.1, -0.05) is 72.8 Å². The largest absolute Gasteiger partial charge is 0.0766 e. The molecule has 2 atom stereocenters. The maximum Gasteiger partial charge on any atom is -0.00838 e. The monoisotopic (exact) mass is 258 g/mol. The van der Waals surface area contributed by atoms with E-state index in [9.17, 15) is 0 Å². The maximum absolute atomic E-state index is 2.43. The first-order chi connectivity index (χ1) is 9.93. The summed E-state index contributed by atoms with van der Waals surface area (Å²) in [5, 5.41) is 0. The van der Waals surface area contributed by atoms with Crippen molar-refractivity contribution in [3.63, 3.8) is 0 Å². The molecule has 2 aliphatic rings. The number of benzene rings is 2. The normalized spacial score (nSPS) is 24.2. The summed E-state index contributed by atoms with van der Waals surface area (Å²) in [6, 6.07) is 21.7. The van der Waals surface area contributed by atoms with E-state index in [4.69, 9.17) is 0 Å². The Bertz CT molecular complexity index is 602. The van der Waals surface area contributed by atoms with Crippen molar-refractivity contribution in [1.82, 2.24) is 0 Å². The Kier molecular flexibility index (Phi) is 2.81. The third-order valence-electron chi connectivity index (χ3n) is 4.48. The topological polar surface area (TPSA) is 0 Å². The summed E-state index contributed by atoms with van der Waals surface area (Å²) >= 11 is 0. The molecule has 20 heavy (non-hydrogen) atoms. The van der Waals surface area contributed by atoms with Crippen LogP contribution in [0.1, 0.15) is 24.0 Å². The van der Waals surface area contributed by atoms with E-state index in [1.807, 2.05) is 0 Å². The quantitative estimate of drug-likeness (QED) is 0.695. The van der Waals surface area contributed by atoms with Gasteiger partial charge < -0.3 is 0 Å². The van der Waals surface area contributed by atoms with Gasteiger partial charge in [-0.05, 0) is 47.0 Å². The van der Waals surface area contributed by atoms with Gasteiger partial charge in [0.15, 0.2) is 0 Å². The lowest BCUT2D eigenvalue weighted by molar-refractivity contribution is 1.04. The fourth-order valence-electron chi connectivity index (χ4n) is 3.42. The molecule has 1 fully saturated rings. The fraction of sp³-hybridized carbons (Fsp3) is 0.200. The lowest BCUT2D eigenvalue weighted by atomic mass is 9.97. The van der Waals surface area contributed by atoms with Gasteiger partial charge in [0.05, 0.1) is 0 Å². The van der Waals surface area contributed by atoms with Crippen LogP contribution in [-0.4, -0.2) is 0 Å². The van der Waals surface area contributed by atoms with Crippen molar-refractivity contribution in [2.75, 3.05) is 0 Å². The predicted molar refractivity (Wildman–Crippen MR) is 85.1 cm³/mol. The molecule has 2 aromatic rings. The molecule has 4 rings (SSSR count). The Morgan fingerprint density at radius 1 is 0.600 bits per heavy atom. The lowest BCUT2D eigenvalue weighted by Crippen LogP contribution is -1.91. The molecule has 98 valence electrons. The number of rotatable bonds is 2. The molecule has 0 bridgehead atoms. The first-order valence-electron chi connectivity index (χ1n) is 7.44. The highest BCUT2D eigenvalue weighted by atomic mass is 14.5. The van der Waals surface area contributed by atoms with E-state index in [1.165, 1.54) is 17.5 Å². The van der Waals surface area contributed by atoms with Gasteiger partial charge in [-0.25, -0.2) is 0 Å². The molecule has 0 spiro atoms. The van der Waals surface area contributed by atoms with Crippen LogP contribution in [0, 0.1) is 11.8 Å². The standard InChI is InChI=1S/C20H18/c1-3-8-15(9-4-1)17-12-7-13-18(20-14-19(17)20)16-10-5-2-6-11-16/h1-6,8-13,19-20H,7,14H2/t19-,20+. The van der Waals surface area contributed by atoms with Crippen molar-refractivity contribution in [1.29, 1.82) is 0 Å². The average Bonchev–Trinajstić information content (AvgIpc) is 3.29. The molecule has 1 saturated carbocycles. The summed E-state index contributed by atoms with van der Waals surface area (Å²) in [7, 11) is 0. The van der Waals surface area contributed by atoms with Crippen molar-refractivity contribution >= 4 is 11.1 Å². The van der Waals surface area contributed by atoms with E-state index in [-0.39, 0.29) is 0 Å². The van der Waals surface area contributed by atoms with Crippen LogP contribution in [0.25, 0.3) is 11.1 Å². The van der Waals surface area contributed by atoms with Gasteiger partial charge in [-0.2, -0.15) is 0 Å². The van der Waals surface area contributed by atoms with Crippen LogP contribution in [0.15, 0.2) is 72.8 Å². The van der Waals surface area contributed by atoms with Gasteiger partial charge >= 0.3 is 0 Å². The van der Waals surface area contributed by atoms with Crippen molar-refractivity contribution in [3.05, 3.63) is 83.9 Å². The first-order valence-corrected chi connectivity index (χ1v) is 7.44. The molecule has 0 radical (unpaired) electrons. The van der Waals surface area contributed by atoms with Crippen molar-refractivity contribution < 1.29 is 0 Å². The molecule has 2 aromatic carbocycles. The zero-order valence-electron chi connectivity index (χ0n) is 11.5. The summed E-state index contributed by atoms with van der Waals surface area (Å²) < 4.78 is 0. The SMILES string of the molecule is C1=C(c2ccccc2)[C@H]2C[C@H]2C(c2ccccc2)=CC1. The smallest absolute Gasteiger partial charge is 0.00838 e. The van der Waals surface area contributed by atoms with Gasteiger partial charge in [-0.3, -0.25) is 0 Å². The van der Waals surface area contributed by atoms with Crippen molar-refractivity contribution in [2.24, 2.45) is 11.8 Å². The van der Waals surface area contributed by atoms with Crippen LogP contribution in [0.3, 0.4) is 0 Å². The number of hydrogen-bond acceptors (Lipinski definition) is 0. The Labute approximate surface area is 120 Å². The zero-order chi connectivity index (χ0) is 13.4. The van der Waals surface area contributed by atoms with Crippen LogP contribution in [0.2, 0.25) is 0 Å². The van der Waals surface area contributed by atoms with Gasteiger partial charge in [0.2, 0.25) is 0 Å². The Morgan fingerprint density at radius 2 is 1.05 bits per heavy atom. The molecular formula is C20H18. The molecule has 0 unspecified atom stereocenters. The second-order valence-corrected chi connectivity index (χ2v) is 5.74. The van der Waals surface area contributed by atoms with E-state index >= 15 is 0 Å². The Morgan fingerprint density at radius 3 is 1.50 bits per heavy atom. The minimum absolute atomic E-state index is 0.728. The molecule has 0 N–H and O–H groups in total. The zero-order valence-corrected chi connectivity index (χ0v) is 11.5. The minimum atomic E-state index is 0.728. The van der Waals surface area contributed by atoms with Gasteiger partial charge in [-0.15, -0.1) is 0 Å². The molecule has 0 amide bonds. The van der Waals surface area contributed by atoms with E-state index in [2.05, 4.69) is 72.8 Å². The third-order valence-corrected chi connectivity index (χ3v) is 4.48. The number of fused-ring (bicyclic) bond motifs is 1. The summed E-state index contributed by atoms with van der Waals surface area (Å²) in [6.45, 7) is 0. The van der Waals surface area contributed by atoms with Crippen LogP contribution >= 0.6 is 0 Å². The number of hydrogen-bond donors (Lipinski definition) is 0. The summed E-state index contributed by atoms with van der Waals surface area (Å²) in [6.07, 6.45) is 7.22. The second-order valence-electron chi connectivity index (χ2n) is 5.74. The highest BCUT2D eigenvalue weighted by Crippen LogP contribution is 2.56. The summed E-state index contributed by atoms with van der Waals surface area (Å²) in [5.41, 5.74) is 5.92. The molecule has 2 aliphatic carbocycles. The molecule has 0 saturated heterocycles. The molecule has 0 nitrogen and oxygen atoms in total. The summed E-state index contributed by atoms with van der Waals surface area (Å²) in [5.74, 6) is 1.46. The molecule has 0 aromatic heterocycles. The molecule has 0 aliphatic heterocycles. The Balaban J connectivity index is 1.64. The van der Waals surface area contributed by atoms with Gasteiger partial charge in [0, 0.05) is 0 Å². The maximum atomic E-state index is 2.43. The van der Waals surface area contributed by atoms with Crippen LogP contribution in [-0.2, 0) is 0 Å². The van der Waals surface area contributed by atoms with Crippen molar-refractivity contribution in [3.8, 4) is 0 Å². The first kappa shape index (κ1) is 11.7. The highest BCUT2D eigenvalue weighted by molar-refractivity contribution is 5.80. The van der Waals surface area contributed by atoms with E-state index < -0.39 is 0 Å². The van der Waals surface area contributed by atoms with Gasteiger partial charge in [0.25, 0.3) is 0 Å². The van der Waals surface area contributed by atoms with E-state index in [0.29, 0.717) is 0 Å². The highest BCUT2D eigenvalue weighted by Gasteiger charge is 2.43. The summed E-state index contributed by atoms with van der Waals surface area (Å²) in [4.78, 5) is 0. The van der Waals surface area contributed by atoms with Crippen molar-refractivity contribution in [2.45, 2.75) is 12.8 Å². The predicted octanol–water partition coefficient (Wildman–Crippen LogP) is 5.19. The second kappa shape index (κ2) is 4.79. The van der Waals surface area contributed by atoms with Crippen LogP contribution < -0.4 is 0 Å². The minimum Gasteiger partial charge on any atom is -0.0766 e. The van der Waals surface area contributed by atoms with Crippen LogP contribution in [0.4, 0.5) is 0 Å². The lowest BCUT2D eigenvalue weighted by Gasteiger charge is -2.07. The van der Waals surface area contributed by atoms with Crippen LogP contribution in [0.5, 0.6) is 0 Å². The third kappa shape index (κ3) is 2.02. The van der Waals surface area contributed by atoms with E-state index in [0.717, 1.165) is 18.3 Å². The van der Waals surface area contributed by atoms with E-state index in [1.54, 1.807) is 11.1 Å². The molecular weight excluding hydrogens is 240 g/mol. The molecule has 0 heteroatoms. The van der Waals surface area contributed by atoms with Gasteiger partial charge in [0.1, 0.15) is 0 Å². The number of allylic oxidation sites excluding steroid dienone is 4. The average molecular weight is 258 g/mol.